The van der Waals surface area contributed by atoms with Gasteiger partial charge in [-0.1, -0.05) is 283 Å². The Bertz CT molecular complexity index is 1020. The van der Waals surface area contributed by atoms with Crippen molar-refractivity contribution in [3.8, 4) is 0 Å². The summed E-state index contributed by atoms with van der Waals surface area (Å²) in [5.74, 6) is -0.852. The van der Waals surface area contributed by atoms with Crippen LogP contribution in [0.1, 0.15) is 335 Å². The zero-order valence-electron chi connectivity index (χ0n) is 44.7. The van der Waals surface area contributed by atoms with E-state index in [1.807, 2.05) is 0 Å². The van der Waals surface area contributed by atoms with Crippen LogP contribution < -0.4 is 0 Å². The summed E-state index contributed by atoms with van der Waals surface area (Å²) in [5, 5.41) is 0. The Morgan fingerprint density at radius 1 is 0.288 bits per heavy atom. The van der Waals surface area contributed by atoms with E-state index in [0.29, 0.717) is 19.3 Å². The summed E-state index contributed by atoms with van der Waals surface area (Å²) in [6, 6.07) is 0. The van der Waals surface area contributed by atoms with Crippen molar-refractivity contribution in [1.29, 1.82) is 0 Å². The summed E-state index contributed by atoms with van der Waals surface area (Å²) in [7, 11) is 0. The van der Waals surface area contributed by atoms with Crippen LogP contribution in [0.4, 0.5) is 0 Å². The van der Waals surface area contributed by atoms with Gasteiger partial charge in [0.25, 0.3) is 0 Å². The Hall–Kier alpha value is -1.85. The van der Waals surface area contributed by atoms with Crippen molar-refractivity contribution in [2.45, 2.75) is 341 Å². The summed E-state index contributed by atoms with van der Waals surface area (Å²) in [5.41, 5.74) is 0. The molecule has 0 rings (SSSR count). The molecular formula is C60H114O6. The molecule has 0 aliphatic heterocycles. The van der Waals surface area contributed by atoms with E-state index in [1.165, 1.54) is 231 Å². The van der Waals surface area contributed by atoms with E-state index in [1.54, 1.807) is 0 Å². The molecule has 0 aromatic heterocycles. The molecule has 6 nitrogen and oxygen atoms in total. The van der Waals surface area contributed by atoms with Gasteiger partial charge >= 0.3 is 17.9 Å². The van der Waals surface area contributed by atoms with Crippen molar-refractivity contribution in [2.75, 3.05) is 13.2 Å². The third-order valence-corrected chi connectivity index (χ3v) is 13.5. The molecule has 66 heavy (non-hydrogen) atoms. The minimum absolute atomic E-state index is 0.0674. The number of unbranched alkanes of at least 4 members (excludes halogenated alkanes) is 42. The van der Waals surface area contributed by atoms with E-state index >= 15 is 0 Å². The van der Waals surface area contributed by atoms with E-state index in [9.17, 15) is 14.4 Å². The van der Waals surface area contributed by atoms with Gasteiger partial charge in [-0.15, -0.1) is 0 Å². The lowest BCUT2D eigenvalue weighted by Gasteiger charge is -2.18. The van der Waals surface area contributed by atoms with Gasteiger partial charge in [-0.05, 0) is 44.9 Å². The van der Waals surface area contributed by atoms with Crippen LogP contribution in [0.3, 0.4) is 0 Å². The lowest BCUT2D eigenvalue weighted by Crippen LogP contribution is -2.30. The fourth-order valence-corrected chi connectivity index (χ4v) is 9.03. The molecule has 1 unspecified atom stereocenters. The average molecular weight is 932 g/mol. The predicted molar refractivity (Wildman–Crippen MR) is 284 cm³/mol. The molecule has 0 aliphatic rings. The molecule has 0 N–H and O–H groups in total. The normalized spacial score (nSPS) is 12.0. The number of hydrogen-bond donors (Lipinski definition) is 0. The molecular weight excluding hydrogens is 817 g/mol. The molecule has 0 aromatic rings. The maximum Gasteiger partial charge on any atom is 0.306 e. The van der Waals surface area contributed by atoms with Crippen molar-refractivity contribution in [3.05, 3.63) is 12.2 Å². The molecule has 0 amide bonds. The van der Waals surface area contributed by atoms with Crippen LogP contribution in [-0.4, -0.2) is 37.2 Å². The largest absolute Gasteiger partial charge is 0.462 e. The molecule has 0 spiro atoms. The van der Waals surface area contributed by atoms with Gasteiger partial charge in [-0.2, -0.15) is 0 Å². The molecule has 0 heterocycles. The SMILES string of the molecule is CCCCCCCC/C=C\CCCCCCCC(=O)OC(COC(=O)CCCCCCCCCCCCCC)COC(=O)CCCCCCCCCCCCCCCCCCCCCCC. The third kappa shape index (κ3) is 53.1. The number of esters is 3. The van der Waals surface area contributed by atoms with Gasteiger partial charge in [-0.3, -0.25) is 14.4 Å². The highest BCUT2D eigenvalue weighted by molar-refractivity contribution is 5.71. The highest BCUT2D eigenvalue weighted by Gasteiger charge is 2.19. The van der Waals surface area contributed by atoms with Gasteiger partial charge in [0.2, 0.25) is 0 Å². The lowest BCUT2D eigenvalue weighted by atomic mass is 10.0. The van der Waals surface area contributed by atoms with E-state index in [2.05, 4.69) is 32.9 Å². The number of hydrogen-bond acceptors (Lipinski definition) is 6. The van der Waals surface area contributed by atoms with Crippen LogP contribution in [0.2, 0.25) is 0 Å². The molecule has 0 fully saturated rings. The number of allylic oxidation sites excluding steroid dienone is 2. The standard InChI is InChI=1S/C60H114O6/c1-4-7-10-13-16-19-22-25-27-28-29-30-31-32-34-35-38-41-44-47-50-53-59(62)65-56-57(55-64-58(61)52-49-46-43-40-37-24-21-18-15-12-9-6-3)66-60(63)54-51-48-45-42-39-36-33-26-23-20-17-14-11-8-5-2/h26,33,57H,4-25,27-32,34-56H2,1-3H3/b33-26-. The first kappa shape index (κ1) is 64.2. The van der Waals surface area contributed by atoms with Gasteiger partial charge in [0.1, 0.15) is 13.2 Å². The zero-order valence-corrected chi connectivity index (χ0v) is 44.7. The predicted octanol–water partition coefficient (Wildman–Crippen LogP) is 19.7. The summed E-state index contributed by atoms with van der Waals surface area (Å²) in [6.45, 7) is 6.68. The van der Waals surface area contributed by atoms with Gasteiger partial charge in [0.05, 0.1) is 0 Å². The first-order valence-corrected chi connectivity index (χ1v) is 29.7. The minimum atomic E-state index is -0.768. The monoisotopic (exact) mass is 931 g/mol. The van der Waals surface area contributed by atoms with E-state index in [0.717, 1.165) is 64.2 Å². The summed E-state index contributed by atoms with van der Waals surface area (Å²) in [4.78, 5) is 38.1. The Balaban J connectivity index is 4.25. The van der Waals surface area contributed by atoms with Crippen molar-refractivity contribution < 1.29 is 28.6 Å². The van der Waals surface area contributed by atoms with Gasteiger partial charge in [-0.25, -0.2) is 0 Å². The minimum Gasteiger partial charge on any atom is -0.462 e. The Morgan fingerprint density at radius 2 is 0.500 bits per heavy atom. The Morgan fingerprint density at radius 3 is 0.758 bits per heavy atom. The molecule has 0 saturated carbocycles. The van der Waals surface area contributed by atoms with Crippen molar-refractivity contribution in [3.63, 3.8) is 0 Å². The second-order valence-electron chi connectivity index (χ2n) is 20.3. The molecule has 0 radical (unpaired) electrons. The van der Waals surface area contributed by atoms with Crippen LogP contribution in [0.15, 0.2) is 12.2 Å². The number of ether oxygens (including phenoxy) is 3. The molecule has 6 heteroatoms. The molecule has 0 aliphatic carbocycles. The van der Waals surface area contributed by atoms with Gasteiger partial charge in [0.15, 0.2) is 6.10 Å². The first-order valence-electron chi connectivity index (χ1n) is 29.7. The topological polar surface area (TPSA) is 78.9 Å². The summed E-state index contributed by atoms with van der Waals surface area (Å²) >= 11 is 0. The van der Waals surface area contributed by atoms with Crippen LogP contribution in [0, 0.1) is 0 Å². The highest BCUT2D eigenvalue weighted by atomic mass is 16.6. The molecule has 390 valence electrons. The quantitative estimate of drug-likeness (QED) is 0.0262. The second-order valence-corrected chi connectivity index (χ2v) is 20.3. The van der Waals surface area contributed by atoms with E-state index in [4.69, 9.17) is 14.2 Å². The Kier molecular flexibility index (Phi) is 54.2. The third-order valence-electron chi connectivity index (χ3n) is 13.5. The fraction of sp³-hybridized carbons (Fsp3) is 0.917. The molecule has 1 atom stereocenters. The van der Waals surface area contributed by atoms with Crippen LogP contribution in [0.25, 0.3) is 0 Å². The van der Waals surface area contributed by atoms with Crippen LogP contribution >= 0.6 is 0 Å². The maximum atomic E-state index is 12.8. The van der Waals surface area contributed by atoms with Gasteiger partial charge < -0.3 is 14.2 Å². The van der Waals surface area contributed by atoms with Crippen molar-refractivity contribution >= 4 is 17.9 Å². The number of carbonyl (C=O) groups is 3. The molecule has 0 bridgehead atoms. The van der Waals surface area contributed by atoms with Gasteiger partial charge in [0, 0.05) is 19.3 Å². The number of carbonyl (C=O) groups excluding carboxylic acids is 3. The molecule has 0 aromatic carbocycles. The summed E-state index contributed by atoms with van der Waals surface area (Å²) < 4.78 is 16.9. The lowest BCUT2D eigenvalue weighted by molar-refractivity contribution is -0.167. The van der Waals surface area contributed by atoms with Crippen molar-refractivity contribution in [2.24, 2.45) is 0 Å². The maximum absolute atomic E-state index is 12.8. The van der Waals surface area contributed by atoms with Crippen molar-refractivity contribution in [1.82, 2.24) is 0 Å². The average Bonchev–Trinajstić information content (AvgIpc) is 3.31. The first-order chi connectivity index (χ1) is 32.5. The summed E-state index contributed by atoms with van der Waals surface area (Å²) in [6.07, 6.45) is 63.5. The Labute approximate surface area is 411 Å². The second kappa shape index (κ2) is 55.7. The highest BCUT2D eigenvalue weighted by Crippen LogP contribution is 2.17. The van der Waals surface area contributed by atoms with E-state index in [-0.39, 0.29) is 31.1 Å². The fourth-order valence-electron chi connectivity index (χ4n) is 9.03. The van der Waals surface area contributed by atoms with E-state index < -0.39 is 6.10 Å². The smallest absolute Gasteiger partial charge is 0.306 e. The number of rotatable bonds is 55. The van der Waals surface area contributed by atoms with Crippen LogP contribution in [-0.2, 0) is 28.6 Å². The zero-order chi connectivity index (χ0) is 47.9. The molecule has 0 saturated heterocycles. The van der Waals surface area contributed by atoms with Crippen LogP contribution in [0.5, 0.6) is 0 Å².